The van der Waals surface area contributed by atoms with Gasteiger partial charge in [-0.1, -0.05) is 12.1 Å². The number of aromatic nitrogens is 3. The lowest BCUT2D eigenvalue weighted by Crippen LogP contribution is -2.52. The minimum atomic E-state index is -4.59. The van der Waals surface area contributed by atoms with Gasteiger partial charge in [0.2, 0.25) is 0 Å². The summed E-state index contributed by atoms with van der Waals surface area (Å²) < 4.78 is 59.1. The van der Waals surface area contributed by atoms with Crippen LogP contribution >= 0.6 is 0 Å². The van der Waals surface area contributed by atoms with E-state index in [-0.39, 0.29) is 42.6 Å². The number of fused-ring (bicyclic) bond motifs is 1. The highest BCUT2D eigenvalue weighted by molar-refractivity contribution is 6.10. The summed E-state index contributed by atoms with van der Waals surface area (Å²) in [5.41, 5.74) is -1.25. The number of anilines is 1. The molecule has 206 valence electrons. The van der Waals surface area contributed by atoms with Crippen LogP contribution in [0.25, 0.3) is 0 Å². The molecule has 0 atom stereocenters. The Bertz CT molecular complexity index is 1450. The number of nitrogens with zero attached hydrogens (tertiary/aromatic N) is 4. The summed E-state index contributed by atoms with van der Waals surface area (Å²) in [6.07, 6.45) is 0.401. The quantitative estimate of drug-likeness (QED) is 0.399. The molecule has 3 aliphatic rings. The molecule has 1 aliphatic heterocycles. The predicted octanol–water partition coefficient (Wildman–Crippen LogP) is 5.83. The number of halogens is 4. The second-order valence-corrected chi connectivity index (χ2v) is 12.0. The van der Waals surface area contributed by atoms with E-state index in [1.807, 2.05) is 6.07 Å². The fourth-order valence-electron chi connectivity index (χ4n) is 6.62. The predicted molar refractivity (Wildman–Crippen MR) is 138 cm³/mol. The molecule has 2 fully saturated rings. The maximum atomic E-state index is 14.9. The molecule has 1 amide bonds. The number of benzene rings is 2. The molecule has 1 aromatic heterocycles. The van der Waals surface area contributed by atoms with Crippen molar-refractivity contribution >= 4 is 11.6 Å². The first-order valence-electron chi connectivity index (χ1n) is 13.2. The van der Waals surface area contributed by atoms with Crippen molar-refractivity contribution in [1.82, 2.24) is 20.1 Å². The van der Waals surface area contributed by atoms with Crippen LogP contribution in [0.1, 0.15) is 84.4 Å². The molecule has 6 nitrogen and oxygen atoms in total. The number of aryl methyl sites for hydroxylation is 1. The fraction of sp³-hybridized carbons (Fsp3) is 0.483. The largest absolute Gasteiger partial charge is 0.416 e. The summed E-state index contributed by atoms with van der Waals surface area (Å²) in [6.45, 7) is 3.69. The molecule has 2 aromatic carbocycles. The van der Waals surface area contributed by atoms with E-state index in [0.717, 1.165) is 24.8 Å². The zero-order valence-electron chi connectivity index (χ0n) is 22.2. The Morgan fingerprint density at radius 1 is 1.10 bits per heavy atom. The van der Waals surface area contributed by atoms with Crippen LogP contribution in [0, 0.1) is 0 Å². The van der Waals surface area contributed by atoms with Gasteiger partial charge < -0.3 is 14.8 Å². The average Bonchev–Trinajstić information content (AvgIpc) is 3.42. The van der Waals surface area contributed by atoms with E-state index in [0.29, 0.717) is 17.1 Å². The first kappa shape index (κ1) is 26.0. The van der Waals surface area contributed by atoms with Crippen LogP contribution in [0.5, 0.6) is 0 Å². The molecule has 0 bridgehead atoms. The molecule has 39 heavy (non-hydrogen) atoms. The number of nitrogens with one attached hydrogen (secondary N) is 1. The Morgan fingerprint density at radius 3 is 2.44 bits per heavy atom. The molecular formula is C29H31F4N5O. The van der Waals surface area contributed by atoms with Crippen molar-refractivity contribution in [2.24, 2.45) is 7.05 Å². The molecule has 3 aromatic rings. The lowest BCUT2D eigenvalue weighted by Gasteiger charge is -2.49. The highest BCUT2D eigenvalue weighted by Crippen LogP contribution is 2.56. The van der Waals surface area contributed by atoms with Gasteiger partial charge >= 0.3 is 6.18 Å². The van der Waals surface area contributed by atoms with Gasteiger partial charge in [0.05, 0.1) is 17.5 Å². The lowest BCUT2D eigenvalue weighted by atomic mass is 9.57. The number of alkyl halides is 4. The zero-order chi connectivity index (χ0) is 27.8. The zero-order valence-corrected chi connectivity index (χ0v) is 22.2. The second kappa shape index (κ2) is 8.61. The molecule has 1 N–H and O–H groups in total. The summed E-state index contributed by atoms with van der Waals surface area (Å²) in [6, 6.07) is 9.85. The summed E-state index contributed by atoms with van der Waals surface area (Å²) in [5, 5.41) is 11.6. The second-order valence-electron chi connectivity index (χ2n) is 12.0. The highest BCUT2D eigenvalue weighted by Gasteiger charge is 2.57. The normalized spacial score (nSPS) is 25.8. The van der Waals surface area contributed by atoms with Gasteiger partial charge in [-0.05, 0) is 86.9 Å². The van der Waals surface area contributed by atoms with Crippen molar-refractivity contribution in [2.45, 2.75) is 81.8 Å². The highest BCUT2D eigenvalue weighted by atomic mass is 19.4. The van der Waals surface area contributed by atoms with Gasteiger partial charge in [0.15, 0.2) is 0 Å². The van der Waals surface area contributed by atoms with E-state index >= 15 is 0 Å². The standard InChI is InChI=1S/C29H31F4N5O/c1-26(30)15-28(16-26,25-36-35-17-37(25)3)19-6-4-7-20(12-19)38-14-22-21(24(38)39)10-18(11-23(22)29(31,32)33)13-34-27(2)8-5-9-27/h4,6-7,10-12,17,34H,5,8-9,13-16H2,1-3H3/t26-,28+. The molecule has 2 heterocycles. The molecule has 0 radical (unpaired) electrons. The molecule has 0 spiro atoms. The van der Waals surface area contributed by atoms with E-state index in [4.69, 9.17) is 0 Å². The van der Waals surface area contributed by atoms with Gasteiger partial charge in [0.25, 0.3) is 5.91 Å². The van der Waals surface area contributed by atoms with E-state index < -0.39 is 28.7 Å². The number of carbonyl (C=O) groups is 1. The third-order valence-corrected chi connectivity index (χ3v) is 8.77. The topological polar surface area (TPSA) is 63.1 Å². The van der Waals surface area contributed by atoms with Gasteiger partial charge in [-0.2, -0.15) is 13.2 Å². The smallest absolute Gasteiger partial charge is 0.320 e. The average molecular weight is 542 g/mol. The van der Waals surface area contributed by atoms with Crippen LogP contribution in [0.4, 0.5) is 23.2 Å². The third-order valence-electron chi connectivity index (χ3n) is 8.77. The van der Waals surface area contributed by atoms with E-state index in [1.54, 1.807) is 49.1 Å². The van der Waals surface area contributed by atoms with Crippen molar-refractivity contribution in [1.29, 1.82) is 0 Å². The summed E-state index contributed by atoms with van der Waals surface area (Å²) in [4.78, 5) is 15.0. The molecule has 0 unspecified atom stereocenters. The van der Waals surface area contributed by atoms with E-state index in [9.17, 15) is 22.4 Å². The Labute approximate surface area is 224 Å². The van der Waals surface area contributed by atoms with Gasteiger partial charge in [-0.15, -0.1) is 10.2 Å². The number of carbonyl (C=O) groups excluding carboxylic acids is 1. The summed E-state index contributed by atoms with van der Waals surface area (Å²) in [7, 11) is 1.80. The summed E-state index contributed by atoms with van der Waals surface area (Å²) in [5.74, 6) is 0.142. The minimum absolute atomic E-state index is 0.0144. The molecule has 2 saturated carbocycles. The lowest BCUT2D eigenvalue weighted by molar-refractivity contribution is -0.138. The van der Waals surface area contributed by atoms with Gasteiger partial charge in [0.1, 0.15) is 17.8 Å². The van der Waals surface area contributed by atoms with Crippen LogP contribution in [0.2, 0.25) is 0 Å². The van der Waals surface area contributed by atoms with Crippen LogP contribution in [0.3, 0.4) is 0 Å². The molecule has 0 saturated heterocycles. The summed E-state index contributed by atoms with van der Waals surface area (Å²) >= 11 is 0. The Morgan fingerprint density at radius 2 is 1.85 bits per heavy atom. The SMILES string of the molecule is Cn1cnnc1[C@]1(c2cccc(N3Cc4c(cc(CNC5(C)CCC5)cc4C(F)(F)F)C3=O)c2)C[C@](C)(F)C1. The van der Waals surface area contributed by atoms with E-state index in [2.05, 4.69) is 22.4 Å². The molecule has 10 heteroatoms. The van der Waals surface area contributed by atoms with Crippen LogP contribution in [0.15, 0.2) is 42.7 Å². The van der Waals surface area contributed by atoms with Gasteiger partial charge in [-0.3, -0.25) is 4.79 Å². The minimum Gasteiger partial charge on any atom is -0.320 e. The molecular weight excluding hydrogens is 510 g/mol. The van der Waals surface area contributed by atoms with Gasteiger partial charge in [-0.25, -0.2) is 4.39 Å². The van der Waals surface area contributed by atoms with Gasteiger partial charge in [0, 0.05) is 30.4 Å². The Hall–Kier alpha value is -3.27. The monoisotopic (exact) mass is 541 g/mol. The Kier molecular flexibility index (Phi) is 5.74. The fourth-order valence-corrected chi connectivity index (χ4v) is 6.62. The van der Waals surface area contributed by atoms with E-state index in [1.165, 1.54) is 11.0 Å². The van der Waals surface area contributed by atoms with Crippen LogP contribution in [-0.4, -0.2) is 31.9 Å². The van der Waals surface area contributed by atoms with Crippen molar-refractivity contribution < 1.29 is 22.4 Å². The maximum Gasteiger partial charge on any atom is 0.416 e. The first-order chi connectivity index (χ1) is 18.3. The number of rotatable bonds is 6. The Balaban J connectivity index is 1.35. The van der Waals surface area contributed by atoms with Crippen molar-refractivity contribution in [3.05, 3.63) is 76.4 Å². The van der Waals surface area contributed by atoms with Crippen molar-refractivity contribution in [3.63, 3.8) is 0 Å². The molecule has 6 rings (SSSR count). The molecule has 2 aliphatic carbocycles. The van der Waals surface area contributed by atoms with Crippen molar-refractivity contribution in [2.75, 3.05) is 4.90 Å². The number of hydrogen-bond donors (Lipinski definition) is 1. The number of hydrogen-bond acceptors (Lipinski definition) is 4. The third kappa shape index (κ3) is 4.33. The van der Waals surface area contributed by atoms with Crippen LogP contribution in [-0.2, 0) is 31.7 Å². The van der Waals surface area contributed by atoms with Crippen LogP contribution < -0.4 is 10.2 Å². The van der Waals surface area contributed by atoms with Crippen molar-refractivity contribution in [3.8, 4) is 0 Å². The maximum absolute atomic E-state index is 14.9. The first-order valence-corrected chi connectivity index (χ1v) is 13.2. The number of amides is 1.